The molecule has 3 aliphatic heterocycles. The van der Waals surface area contributed by atoms with E-state index in [-0.39, 0.29) is 35.9 Å². The minimum Gasteiger partial charge on any atom is -0.466 e. The summed E-state index contributed by atoms with van der Waals surface area (Å²) in [6, 6.07) is -0.869. The van der Waals surface area contributed by atoms with E-state index < -0.39 is 35.6 Å². The fourth-order valence-electron chi connectivity index (χ4n) is 5.76. The molecule has 3 rings (SSSR count). The van der Waals surface area contributed by atoms with Gasteiger partial charge in [0.05, 0.1) is 24.5 Å². The molecule has 0 aliphatic carbocycles. The molecule has 3 aliphatic rings. The van der Waals surface area contributed by atoms with Crippen LogP contribution in [0.3, 0.4) is 0 Å². The van der Waals surface area contributed by atoms with Crippen LogP contribution < -0.4 is 0 Å². The summed E-state index contributed by atoms with van der Waals surface area (Å²) in [5, 5.41) is 9.04. The van der Waals surface area contributed by atoms with Crippen LogP contribution in [0.4, 0.5) is 0 Å². The molecule has 8 nitrogen and oxygen atoms in total. The normalized spacial score (nSPS) is 32.4. The summed E-state index contributed by atoms with van der Waals surface area (Å²) < 4.78 is 11.8. The molecule has 3 heterocycles. The highest BCUT2D eigenvalue weighted by molar-refractivity contribution is 9.09. The van der Waals surface area contributed by atoms with Crippen LogP contribution in [0.1, 0.15) is 52.9 Å². The van der Waals surface area contributed by atoms with E-state index in [4.69, 9.17) is 14.6 Å². The SMILES string of the molecule is C=CCN(C(=O)C1N(CCCCCCO)C(=O)[C@@H]2[C@@H](C(=O)OCC)[C@@H]3OC12CC3Br)C(C)C. The van der Waals surface area contributed by atoms with Gasteiger partial charge in [-0.05, 0) is 40.0 Å². The Labute approximate surface area is 204 Å². The monoisotopic (exact) mass is 528 g/mol. The number of hydrogen-bond acceptors (Lipinski definition) is 6. The van der Waals surface area contributed by atoms with Crippen molar-refractivity contribution in [3.63, 3.8) is 0 Å². The van der Waals surface area contributed by atoms with Crippen molar-refractivity contribution in [1.29, 1.82) is 0 Å². The van der Waals surface area contributed by atoms with Crippen LogP contribution in [0.5, 0.6) is 0 Å². The first-order valence-electron chi connectivity index (χ1n) is 12.1. The fourth-order valence-corrected chi connectivity index (χ4v) is 6.70. The number of carbonyl (C=O) groups excluding carboxylic acids is 3. The minimum absolute atomic E-state index is 0.0771. The van der Waals surface area contributed by atoms with E-state index >= 15 is 0 Å². The van der Waals surface area contributed by atoms with Gasteiger partial charge in [-0.2, -0.15) is 0 Å². The zero-order chi connectivity index (χ0) is 24.3. The summed E-state index contributed by atoms with van der Waals surface area (Å²) in [6.07, 6.45) is 4.80. The van der Waals surface area contributed by atoms with Crippen molar-refractivity contribution in [2.45, 2.75) is 81.5 Å². The molecule has 9 heteroatoms. The van der Waals surface area contributed by atoms with Crippen molar-refractivity contribution in [3.05, 3.63) is 12.7 Å². The van der Waals surface area contributed by atoms with Crippen LogP contribution in [0.25, 0.3) is 0 Å². The zero-order valence-corrected chi connectivity index (χ0v) is 21.5. The maximum Gasteiger partial charge on any atom is 0.312 e. The Morgan fingerprint density at radius 3 is 2.67 bits per heavy atom. The van der Waals surface area contributed by atoms with E-state index in [0.29, 0.717) is 32.4 Å². The average Bonchev–Trinajstić information content (AvgIpc) is 3.35. The molecule has 3 unspecified atom stereocenters. The third kappa shape index (κ3) is 4.60. The van der Waals surface area contributed by atoms with Gasteiger partial charge in [0, 0.05) is 30.6 Å². The number of esters is 1. The highest BCUT2D eigenvalue weighted by atomic mass is 79.9. The molecule has 2 amide bonds. The second-order valence-electron chi connectivity index (χ2n) is 9.46. The number of ether oxygens (including phenoxy) is 2. The number of rotatable bonds is 12. The molecule has 1 spiro atoms. The highest BCUT2D eigenvalue weighted by Crippen LogP contribution is 2.60. The Morgan fingerprint density at radius 1 is 1.36 bits per heavy atom. The molecular weight excluding hydrogens is 492 g/mol. The number of nitrogens with zero attached hydrogens (tertiary/aromatic N) is 2. The van der Waals surface area contributed by atoms with Crippen molar-refractivity contribution < 1.29 is 29.0 Å². The van der Waals surface area contributed by atoms with Crippen LogP contribution >= 0.6 is 15.9 Å². The standard InChI is InChI=1S/C24H37BrN2O6/c1-5-11-26(15(3)4)22(30)20-24-14-16(25)19(33-24)17(23(31)32-6-2)18(24)21(29)27(20)12-9-7-8-10-13-28/h5,15-20,28H,1,6-14H2,2-4H3/t16?,17-,18+,19-,20?,24?/m1/s1. The van der Waals surface area contributed by atoms with Gasteiger partial charge in [-0.1, -0.05) is 34.8 Å². The number of aliphatic hydroxyl groups excluding tert-OH is 1. The summed E-state index contributed by atoms with van der Waals surface area (Å²) >= 11 is 3.65. The van der Waals surface area contributed by atoms with E-state index in [9.17, 15) is 14.4 Å². The van der Waals surface area contributed by atoms with Gasteiger partial charge >= 0.3 is 5.97 Å². The maximum atomic E-state index is 13.9. The van der Waals surface area contributed by atoms with Gasteiger partial charge in [0.15, 0.2) is 0 Å². The van der Waals surface area contributed by atoms with Crippen molar-refractivity contribution in [1.82, 2.24) is 9.80 Å². The number of amides is 2. The third-order valence-corrected chi connectivity index (χ3v) is 7.97. The molecule has 6 atom stereocenters. The lowest BCUT2D eigenvalue weighted by Gasteiger charge is -2.38. The molecule has 0 aromatic rings. The molecule has 1 N–H and O–H groups in total. The molecule has 3 saturated heterocycles. The lowest BCUT2D eigenvalue weighted by Crippen LogP contribution is -2.58. The van der Waals surface area contributed by atoms with Gasteiger partial charge in [0.1, 0.15) is 11.6 Å². The van der Waals surface area contributed by atoms with Crippen molar-refractivity contribution in [2.75, 3.05) is 26.3 Å². The zero-order valence-electron chi connectivity index (χ0n) is 19.9. The van der Waals surface area contributed by atoms with Crippen LogP contribution in [-0.4, -0.2) is 87.6 Å². The Balaban J connectivity index is 1.97. The van der Waals surface area contributed by atoms with Crippen molar-refractivity contribution in [3.8, 4) is 0 Å². The Morgan fingerprint density at radius 2 is 2.06 bits per heavy atom. The molecule has 0 aromatic heterocycles. The number of fused-ring (bicyclic) bond motifs is 1. The molecule has 3 fully saturated rings. The van der Waals surface area contributed by atoms with Crippen LogP contribution in [0.2, 0.25) is 0 Å². The summed E-state index contributed by atoms with van der Waals surface area (Å²) in [5.74, 6) is -2.25. The average molecular weight is 529 g/mol. The predicted molar refractivity (Wildman–Crippen MR) is 127 cm³/mol. The van der Waals surface area contributed by atoms with E-state index in [1.54, 1.807) is 22.8 Å². The second-order valence-corrected chi connectivity index (χ2v) is 10.6. The van der Waals surface area contributed by atoms with Crippen molar-refractivity contribution >= 4 is 33.7 Å². The first-order chi connectivity index (χ1) is 15.7. The Bertz CT molecular complexity index is 761. The summed E-state index contributed by atoms with van der Waals surface area (Å²) in [4.78, 5) is 43.9. The molecule has 2 bridgehead atoms. The van der Waals surface area contributed by atoms with Crippen LogP contribution in [0.15, 0.2) is 12.7 Å². The summed E-state index contributed by atoms with van der Waals surface area (Å²) in [5.41, 5.74) is -1.05. The first-order valence-corrected chi connectivity index (χ1v) is 13.0. The molecule has 0 saturated carbocycles. The lowest BCUT2D eigenvalue weighted by atomic mass is 9.70. The van der Waals surface area contributed by atoms with Gasteiger partial charge in [0.25, 0.3) is 0 Å². The topological polar surface area (TPSA) is 96.4 Å². The highest BCUT2D eigenvalue weighted by Gasteiger charge is 2.77. The van der Waals surface area contributed by atoms with Gasteiger partial charge < -0.3 is 24.4 Å². The second kappa shape index (κ2) is 10.9. The molecular formula is C24H37BrN2O6. The van der Waals surface area contributed by atoms with Crippen molar-refractivity contribution in [2.24, 2.45) is 11.8 Å². The molecule has 33 heavy (non-hydrogen) atoms. The van der Waals surface area contributed by atoms with E-state index in [1.165, 1.54) is 0 Å². The largest absolute Gasteiger partial charge is 0.466 e. The van der Waals surface area contributed by atoms with Gasteiger partial charge in [-0.25, -0.2) is 0 Å². The number of halogens is 1. The smallest absolute Gasteiger partial charge is 0.312 e. The lowest BCUT2D eigenvalue weighted by molar-refractivity contribution is -0.155. The summed E-state index contributed by atoms with van der Waals surface area (Å²) in [6.45, 7) is 10.6. The number of unbranched alkanes of at least 4 members (excludes halogenated alkanes) is 3. The number of hydrogen-bond donors (Lipinski definition) is 1. The predicted octanol–water partition coefficient (Wildman–Crippen LogP) is 2.27. The Kier molecular flexibility index (Phi) is 8.61. The van der Waals surface area contributed by atoms with Gasteiger partial charge in [-0.15, -0.1) is 6.58 Å². The summed E-state index contributed by atoms with van der Waals surface area (Å²) in [7, 11) is 0. The molecule has 0 aromatic carbocycles. The number of carbonyl (C=O) groups is 3. The maximum absolute atomic E-state index is 13.9. The molecule has 186 valence electrons. The fraction of sp³-hybridized carbons (Fsp3) is 0.792. The number of likely N-dealkylation sites (tertiary alicyclic amines) is 1. The van der Waals surface area contributed by atoms with E-state index in [1.807, 2.05) is 13.8 Å². The van der Waals surface area contributed by atoms with Crippen LogP contribution in [0, 0.1) is 11.8 Å². The van der Waals surface area contributed by atoms with Gasteiger partial charge in [-0.3, -0.25) is 14.4 Å². The Hall–Kier alpha value is -1.45. The van der Waals surface area contributed by atoms with Crippen LogP contribution in [-0.2, 0) is 23.9 Å². The number of aliphatic hydroxyl groups is 1. The van der Waals surface area contributed by atoms with E-state index in [2.05, 4.69) is 22.5 Å². The quantitative estimate of drug-likeness (QED) is 0.180. The minimum atomic E-state index is -1.05. The number of alkyl halides is 1. The van der Waals surface area contributed by atoms with E-state index in [0.717, 1.165) is 12.8 Å². The third-order valence-electron chi connectivity index (χ3n) is 7.12. The van der Waals surface area contributed by atoms with Gasteiger partial charge in [0.2, 0.25) is 11.8 Å². The molecule has 0 radical (unpaired) electrons. The first kappa shape index (κ1) is 26.2.